The quantitative estimate of drug-likeness (QED) is 0.607. The molecular formula is C9H9NO. The van der Waals surface area contributed by atoms with E-state index in [4.69, 9.17) is 4.74 Å². The Morgan fingerprint density at radius 1 is 1.36 bits per heavy atom. The summed E-state index contributed by atoms with van der Waals surface area (Å²) >= 11 is 0. The maximum atomic E-state index is 5.24. The van der Waals surface area contributed by atoms with E-state index in [2.05, 4.69) is 18.3 Å². The fraction of sp³-hybridized carbons (Fsp3) is 0.111. The third-order valence-corrected chi connectivity index (χ3v) is 1.64. The van der Waals surface area contributed by atoms with E-state index >= 15 is 0 Å². The lowest BCUT2D eigenvalue weighted by Crippen LogP contribution is -1.98. The molecule has 1 aliphatic heterocycles. The molecule has 0 fully saturated rings. The molecule has 1 aliphatic rings. The molecule has 0 unspecified atom stereocenters. The first-order valence-corrected chi connectivity index (χ1v) is 3.55. The smallest absolute Gasteiger partial charge is 0.150 e. The zero-order valence-corrected chi connectivity index (χ0v) is 6.29. The first-order chi connectivity index (χ1) is 5.36. The molecule has 0 atom stereocenters. The Bertz CT molecular complexity index is 304. The molecule has 0 saturated heterocycles. The number of benzene rings is 1. The lowest BCUT2D eigenvalue weighted by Gasteiger charge is -2.12. The molecule has 2 nitrogen and oxygen atoms in total. The number of aryl methyl sites for hydroxylation is 1. The van der Waals surface area contributed by atoms with Crippen molar-refractivity contribution in [3.63, 3.8) is 0 Å². The van der Waals surface area contributed by atoms with Gasteiger partial charge >= 0.3 is 0 Å². The monoisotopic (exact) mass is 147 g/mol. The summed E-state index contributed by atoms with van der Waals surface area (Å²) < 4.78 is 5.24. The zero-order chi connectivity index (χ0) is 7.68. The Hall–Kier alpha value is -1.44. The molecule has 56 valence electrons. The van der Waals surface area contributed by atoms with Crippen molar-refractivity contribution in [2.24, 2.45) is 0 Å². The predicted octanol–water partition coefficient (Wildman–Crippen LogP) is 2.27. The molecule has 0 radical (unpaired) electrons. The van der Waals surface area contributed by atoms with Crippen molar-refractivity contribution in [2.45, 2.75) is 6.92 Å². The number of ether oxygens (including phenoxy) is 1. The summed E-state index contributed by atoms with van der Waals surface area (Å²) in [7, 11) is 0. The average molecular weight is 147 g/mol. The molecule has 1 N–H and O–H groups in total. The molecule has 2 rings (SSSR count). The van der Waals surface area contributed by atoms with Gasteiger partial charge in [-0.25, -0.2) is 0 Å². The van der Waals surface area contributed by atoms with Gasteiger partial charge in [-0.3, -0.25) is 0 Å². The van der Waals surface area contributed by atoms with Crippen molar-refractivity contribution in [3.8, 4) is 5.75 Å². The van der Waals surface area contributed by atoms with Gasteiger partial charge in [0.1, 0.15) is 12.0 Å². The van der Waals surface area contributed by atoms with Crippen LogP contribution in [0.2, 0.25) is 0 Å². The average Bonchev–Trinajstić information content (AvgIpc) is 2.04. The van der Waals surface area contributed by atoms with E-state index in [1.165, 1.54) is 5.56 Å². The highest BCUT2D eigenvalue weighted by molar-refractivity contribution is 5.60. The molecule has 0 aromatic heterocycles. The third-order valence-electron chi connectivity index (χ3n) is 1.64. The standard InChI is InChI=1S/C9H9NO/c1-7-2-3-9-8(6-7)10-4-5-11-9/h2-6,10H,1H3. The van der Waals surface area contributed by atoms with Gasteiger partial charge in [0.25, 0.3) is 0 Å². The summed E-state index contributed by atoms with van der Waals surface area (Å²) in [5.41, 5.74) is 2.27. The van der Waals surface area contributed by atoms with Crippen molar-refractivity contribution in [1.29, 1.82) is 0 Å². The summed E-state index contributed by atoms with van der Waals surface area (Å²) in [4.78, 5) is 0. The van der Waals surface area contributed by atoms with Gasteiger partial charge in [-0.05, 0) is 24.6 Å². The first-order valence-electron chi connectivity index (χ1n) is 3.55. The van der Waals surface area contributed by atoms with Gasteiger partial charge < -0.3 is 10.1 Å². The molecule has 1 aromatic carbocycles. The van der Waals surface area contributed by atoms with Gasteiger partial charge in [0.05, 0.1) is 5.69 Å². The van der Waals surface area contributed by atoms with E-state index in [1.54, 1.807) is 12.5 Å². The molecule has 1 aromatic rings. The Labute approximate surface area is 65.5 Å². The molecular weight excluding hydrogens is 138 g/mol. The topological polar surface area (TPSA) is 21.3 Å². The van der Waals surface area contributed by atoms with Crippen molar-refractivity contribution < 1.29 is 4.74 Å². The van der Waals surface area contributed by atoms with Crippen molar-refractivity contribution >= 4 is 5.69 Å². The minimum atomic E-state index is 0.887. The maximum Gasteiger partial charge on any atom is 0.150 e. The van der Waals surface area contributed by atoms with Crippen LogP contribution >= 0.6 is 0 Å². The summed E-state index contributed by atoms with van der Waals surface area (Å²) in [6.45, 7) is 2.06. The Morgan fingerprint density at radius 3 is 3.18 bits per heavy atom. The van der Waals surface area contributed by atoms with Crippen LogP contribution in [0.3, 0.4) is 0 Å². The van der Waals surface area contributed by atoms with Gasteiger partial charge in [0, 0.05) is 6.20 Å². The van der Waals surface area contributed by atoms with Gasteiger partial charge in [0.15, 0.2) is 0 Å². The minimum absolute atomic E-state index is 0.887. The molecule has 0 bridgehead atoms. The second-order valence-corrected chi connectivity index (χ2v) is 2.56. The second kappa shape index (κ2) is 2.31. The SMILES string of the molecule is Cc1ccc2c(c1)NC=CO2. The lowest BCUT2D eigenvalue weighted by molar-refractivity contribution is 0.477. The van der Waals surface area contributed by atoms with Crippen LogP contribution in [-0.4, -0.2) is 0 Å². The Morgan fingerprint density at radius 2 is 2.27 bits per heavy atom. The van der Waals surface area contributed by atoms with E-state index in [9.17, 15) is 0 Å². The molecule has 11 heavy (non-hydrogen) atoms. The van der Waals surface area contributed by atoms with E-state index in [1.807, 2.05) is 12.1 Å². The van der Waals surface area contributed by atoms with Crippen LogP contribution in [0.15, 0.2) is 30.7 Å². The summed E-state index contributed by atoms with van der Waals surface area (Å²) in [6.07, 6.45) is 3.42. The zero-order valence-electron chi connectivity index (χ0n) is 6.29. The molecule has 0 aliphatic carbocycles. The number of nitrogens with one attached hydrogen (secondary N) is 1. The highest BCUT2D eigenvalue weighted by Crippen LogP contribution is 2.27. The minimum Gasteiger partial charge on any atom is -0.461 e. The van der Waals surface area contributed by atoms with Crippen LogP contribution in [0.25, 0.3) is 0 Å². The highest BCUT2D eigenvalue weighted by Gasteiger charge is 2.03. The van der Waals surface area contributed by atoms with Crippen molar-refractivity contribution in [1.82, 2.24) is 0 Å². The third kappa shape index (κ3) is 1.07. The van der Waals surface area contributed by atoms with Gasteiger partial charge in [-0.2, -0.15) is 0 Å². The summed E-state index contributed by atoms with van der Waals surface area (Å²) in [5, 5.41) is 3.10. The van der Waals surface area contributed by atoms with Gasteiger partial charge in [-0.15, -0.1) is 0 Å². The van der Waals surface area contributed by atoms with Gasteiger partial charge in [0.2, 0.25) is 0 Å². The molecule has 0 amide bonds. The van der Waals surface area contributed by atoms with E-state index in [-0.39, 0.29) is 0 Å². The number of rotatable bonds is 0. The Kier molecular flexibility index (Phi) is 1.32. The van der Waals surface area contributed by atoms with E-state index in [0.29, 0.717) is 0 Å². The van der Waals surface area contributed by atoms with E-state index in [0.717, 1.165) is 11.4 Å². The van der Waals surface area contributed by atoms with Crippen LogP contribution < -0.4 is 10.1 Å². The van der Waals surface area contributed by atoms with Crippen LogP contribution in [0.1, 0.15) is 5.56 Å². The largest absolute Gasteiger partial charge is 0.461 e. The summed E-state index contributed by atoms with van der Waals surface area (Å²) in [5.74, 6) is 0.887. The number of hydrogen-bond donors (Lipinski definition) is 1. The van der Waals surface area contributed by atoms with Crippen LogP contribution in [0.4, 0.5) is 5.69 Å². The van der Waals surface area contributed by atoms with Crippen LogP contribution in [0.5, 0.6) is 5.75 Å². The number of hydrogen-bond acceptors (Lipinski definition) is 2. The van der Waals surface area contributed by atoms with E-state index < -0.39 is 0 Å². The van der Waals surface area contributed by atoms with Crippen LogP contribution in [0, 0.1) is 6.92 Å². The maximum absolute atomic E-state index is 5.24. The fourth-order valence-corrected chi connectivity index (χ4v) is 1.09. The van der Waals surface area contributed by atoms with Gasteiger partial charge in [-0.1, -0.05) is 6.07 Å². The van der Waals surface area contributed by atoms with Crippen molar-refractivity contribution in [3.05, 3.63) is 36.2 Å². The lowest BCUT2D eigenvalue weighted by atomic mass is 10.2. The molecule has 1 heterocycles. The fourth-order valence-electron chi connectivity index (χ4n) is 1.09. The van der Waals surface area contributed by atoms with Crippen LogP contribution in [-0.2, 0) is 0 Å². The van der Waals surface area contributed by atoms with Crippen molar-refractivity contribution in [2.75, 3.05) is 5.32 Å². The first kappa shape index (κ1) is 6.28. The number of anilines is 1. The molecule has 2 heteroatoms. The number of fused-ring (bicyclic) bond motifs is 1. The predicted molar refractivity (Wildman–Crippen MR) is 44.6 cm³/mol. The summed E-state index contributed by atoms with van der Waals surface area (Å²) in [6, 6.07) is 6.04. The second-order valence-electron chi connectivity index (χ2n) is 2.56. The molecule has 0 saturated carbocycles. The normalized spacial score (nSPS) is 13.2. The highest BCUT2D eigenvalue weighted by atomic mass is 16.5. The Balaban J connectivity index is 2.48. The molecule has 0 spiro atoms.